The zero-order valence-corrected chi connectivity index (χ0v) is 15.8. The SMILES string of the molecule is COc1ccc(N2CCN(c3cc(Cl)nc(SCC(=O)[O-])n3)CC2)cc1. The van der Waals surface area contributed by atoms with Crippen molar-refractivity contribution in [3.05, 3.63) is 35.5 Å². The lowest BCUT2D eigenvalue weighted by Crippen LogP contribution is -2.46. The van der Waals surface area contributed by atoms with Crippen LogP contribution in [0.1, 0.15) is 0 Å². The van der Waals surface area contributed by atoms with Crippen molar-refractivity contribution in [2.75, 3.05) is 48.8 Å². The Balaban J connectivity index is 1.64. The van der Waals surface area contributed by atoms with Crippen molar-refractivity contribution < 1.29 is 14.6 Å². The van der Waals surface area contributed by atoms with Crippen molar-refractivity contribution in [3.8, 4) is 5.75 Å². The standard InChI is InChI=1S/C17H19ClN4O3S/c1-25-13-4-2-12(3-5-13)21-6-8-22(9-7-21)15-10-14(18)19-17(20-15)26-11-16(23)24/h2-5,10H,6-9,11H2,1H3,(H,23,24)/p-1. The molecular formula is C17H18ClN4O3S-. The van der Waals surface area contributed by atoms with E-state index in [2.05, 4.69) is 19.8 Å². The molecule has 0 atom stereocenters. The van der Waals surface area contributed by atoms with Gasteiger partial charge in [-0.15, -0.1) is 0 Å². The van der Waals surface area contributed by atoms with Crippen molar-refractivity contribution in [1.82, 2.24) is 9.97 Å². The van der Waals surface area contributed by atoms with E-state index in [1.807, 2.05) is 24.3 Å². The Kier molecular flexibility index (Phi) is 6.05. The topological polar surface area (TPSA) is 81.6 Å². The van der Waals surface area contributed by atoms with Gasteiger partial charge < -0.3 is 24.4 Å². The summed E-state index contributed by atoms with van der Waals surface area (Å²) in [4.78, 5) is 23.5. The molecule has 0 amide bonds. The number of carbonyl (C=O) groups excluding carboxylic acids is 1. The minimum Gasteiger partial charge on any atom is -0.549 e. The van der Waals surface area contributed by atoms with Gasteiger partial charge in [0.1, 0.15) is 16.7 Å². The predicted molar refractivity (Wildman–Crippen MR) is 100 cm³/mol. The summed E-state index contributed by atoms with van der Waals surface area (Å²) in [6, 6.07) is 9.70. The maximum atomic E-state index is 10.6. The van der Waals surface area contributed by atoms with Crippen molar-refractivity contribution >= 4 is 40.8 Å². The molecule has 1 saturated heterocycles. The number of halogens is 1. The van der Waals surface area contributed by atoms with Gasteiger partial charge in [-0.2, -0.15) is 0 Å². The molecule has 0 saturated carbocycles. The number of aliphatic carboxylic acids is 1. The molecule has 0 radical (unpaired) electrons. The number of carboxylic acid groups (broad SMARTS) is 1. The van der Waals surface area contributed by atoms with Crippen LogP contribution in [0, 0.1) is 0 Å². The van der Waals surface area contributed by atoms with E-state index in [0.717, 1.165) is 49.4 Å². The van der Waals surface area contributed by atoms with E-state index in [1.54, 1.807) is 13.2 Å². The van der Waals surface area contributed by atoms with E-state index >= 15 is 0 Å². The van der Waals surface area contributed by atoms with E-state index in [1.165, 1.54) is 0 Å². The van der Waals surface area contributed by atoms with Gasteiger partial charge >= 0.3 is 0 Å². The first-order valence-corrected chi connectivity index (χ1v) is 9.42. The molecule has 138 valence electrons. The van der Waals surface area contributed by atoms with Crippen molar-refractivity contribution in [2.24, 2.45) is 0 Å². The van der Waals surface area contributed by atoms with Crippen LogP contribution in [-0.4, -0.2) is 55.0 Å². The van der Waals surface area contributed by atoms with Crippen molar-refractivity contribution in [1.29, 1.82) is 0 Å². The molecule has 1 aliphatic rings. The lowest BCUT2D eigenvalue weighted by atomic mass is 10.2. The monoisotopic (exact) mass is 393 g/mol. The molecule has 1 aromatic carbocycles. The number of hydrogen-bond acceptors (Lipinski definition) is 8. The largest absolute Gasteiger partial charge is 0.549 e. The number of thioether (sulfide) groups is 1. The number of methoxy groups -OCH3 is 1. The minimum absolute atomic E-state index is 0.203. The second-order valence-electron chi connectivity index (χ2n) is 5.66. The number of ether oxygens (including phenoxy) is 1. The smallest absolute Gasteiger partial charge is 0.191 e. The molecule has 1 aromatic heterocycles. The van der Waals surface area contributed by atoms with Gasteiger partial charge in [-0.05, 0) is 24.3 Å². The maximum Gasteiger partial charge on any atom is 0.191 e. The summed E-state index contributed by atoms with van der Waals surface area (Å²) < 4.78 is 5.19. The molecule has 9 heteroatoms. The molecule has 3 rings (SSSR count). The lowest BCUT2D eigenvalue weighted by molar-refractivity contribution is -0.301. The zero-order chi connectivity index (χ0) is 18.5. The van der Waals surface area contributed by atoms with Crippen LogP contribution in [0.15, 0.2) is 35.5 Å². The van der Waals surface area contributed by atoms with Crippen LogP contribution in [0.25, 0.3) is 0 Å². The van der Waals surface area contributed by atoms with Gasteiger partial charge in [0.2, 0.25) is 0 Å². The third kappa shape index (κ3) is 4.70. The molecular weight excluding hydrogens is 376 g/mol. The first-order chi connectivity index (χ1) is 12.5. The van der Waals surface area contributed by atoms with Crippen LogP contribution in [0.2, 0.25) is 5.15 Å². The molecule has 1 aliphatic heterocycles. The van der Waals surface area contributed by atoms with Gasteiger partial charge in [0.05, 0.1) is 13.1 Å². The normalized spacial score (nSPS) is 14.4. The van der Waals surface area contributed by atoms with Crippen LogP contribution in [0.3, 0.4) is 0 Å². The second kappa shape index (κ2) is 8.46. The third-order valence-electron chi connectivity index (χ3n) is 4.02. The predicted octanol–water partition coefficient (Wildman–Crippen LogP) is 1.31. The van der Waals surface area contributed by atoms with E-state index in [-0.39, 0.29) is 5.75 Å². The first-order valence-electron chi connectivity index (χ1n) is 8.06. The summed E-state index contributed by atoms with van der Waals surface area (Å²) in [5.74, 6) is 0.184. The van der Waals surface area contributed by atoms with Gasteiger partial charge in [-0.1, -0.05) is 23.4 Å². The molecule has 7 nitrogen and oxygen atoms in total. The molecule has 2 heterocycles. The van der Waals surface area contributed by atoms with Gasteiger partial charge in [0.25, 0.3) is 0 Å². The number of carbonyl (C=O) groups is 1. The molecule has 0 aliphatic carbocycles. The number of anilines is 2. The quantitative estimate of drug-likeness (QED) is 0.413. The van der Waals surface area contributed by atoms with Crippen LogP contribution >= 0.6 is 23.4 Å². The third-order valence-corrected chi connectivity index (χ3v) is 5.04. The molecule has 0 spiro atoms. The molecule has 0 unspecified atom stereocenters. The summed E-state index contributed by atoms with van der Waals surface area (Å²) in [6.07, 6.45) is 0. The van der Waals surface area contributed by atoms with E-state index in [4.69, 9.17) is 16.3 Å². The van der Waals surface area contributed by atoms with Gasteiger partial charge in [-0.3, -0.25) is 0 Å². The Bertz CT molecular complexity index is 767. The number of rotatable bonds is 6. The highest BCUT2D eigenvalue weighted by Crippen LogP contribution is 2.25. The maximum absolute atomic E-state index is 10.6. The molecule has 0 bridgehead atoms. The Labute approximate surface area is 160 Å². The highest BCUT2D eigenvalue weighted by atomic mass is 35.5. The second-order valence-corrected chi connectivity index (χ2v) is 6.99. The average molecular weight is 394 g/mol. The highest BCUT2D eigenvalue weighted by Gasteiger charge is 2.19. The number of carboxylic acids is 1. The lowest BCUT2D eigenvalue weighted by Gasteiger charge is -2.36. The van der Waals surface area contributed by atoms with Crippen LogP contribution in [0.5, 0.6) is 5.75 Å². The average Bonchev–Trinajstić information content (AvgIpc) is 2.66. The number of nitrogens with zero attached hydrogens (tertiary/aromatic N) is 4. The van der Waals surface area contributed by atoms with Gasteiger partial charge in [-0.25, -0.2) is 9.97 Å². The fourth-order valence-electron chi connectivity index (χ4n) is 2.72. The fraction of sp³-hybridized carbons (Fsp3) is 0.353. The van der Waals surface area contributed by atoms with E-state index < -0.39 is 5.97 Å². The fourth-order valence-corrected chi connectivity index (χ4v) is 3.52. The van der Waals surface area contributed by atoms with Gasteiger partial charge in [0, 0.05) is 43.7 Å². The Morgan fingerprint density at radius 1 is 1.19 bits per heavy atom. The molecule has 0 N–H and O–H groups in total. The summed E-state index contributed by atoms with van der Waals surface area (Å²) in [7, 11) is 1.65. The summed E-state index contributed by atoms with van der Waals surface area (Å²) in [6.45, 7) is 3.25. The van der Waals surface area contributed by atoms with E-state index in [0.29, 0.717) is 16.1 Å². The first kappa shape index (κ1) is 18.6. The Morgan fingerprint density at radius 3 is 2.46 bits per heavy atom. The highest BCUT2D eigenvalue weighted by molar-refractivity contribution is 7.99. The van der Waals surface area contributed by atoms with Crippen molar-refractivity contribution in [3.63, 3.8) is 0 Å². The number of aromatic nitrogens is 2. The summed E-state index contributed by atoms with van der Waals surface area (Å²) in [5.41, 5.74) is 1.15. The van der Waals surface area contributed by atoms with Gasteiger partial charge in [0.15, 0.2) is 5.16 Å². The Morgan fingerprint density at radius 2 is 1.85 bits per heavy atom. The number of benzene rings is 1. The summed E-state index contributed by atoms with van der Waals surface area (Å²) in [5, 5.41) is 11.3. The van der Waals surface area contributed by atoms with Crippen LogP contribution in [-0.2, 0) is 4.79 Å². The summed E-state index contributed by atoms with van der Waals surface area (Å²) >= 11 is 7.07. The molecule has 26 heavy (non-hydrogen) atoms. The minimum atomic E-state index is -1.16. The zero-order valence-electron chi connectivity index (χ0n) is 14.2. The number of piperazine rings is 1. The van der Waals surface area contributed by atoms with Crippen molar-refractivity contribution in [2.45, 2.75) is 5.16 Å². The Hall–Kier alpha value is -2.19. The molecule has 1 fully saturated rings. The van der Waals surface area contributed by atoms with Crippen LogP contribution in [0.4, 0.5) is 11.5 Å². The molecule has 2 aromatic rings. The number of hydrogen-bond donors (Lipinski definition) is 0. The van der Waals surface area contributed by atoms with E-state index in [9.17, 15) is 9.90 Å². The van der Waals surface area contributed by atoms with Crippen LogP contribution < -0.4 is 19.6 Å².